The first-order valence-corrected chi connectivity index (χ1v) is 5.40. The smallest absolute Gasteiger partial charge is 0.343 e. The lowest BCUT2D eigenvalue weighted by molar-refractivity contribution is 0.0691. The number of nitrogens with zero attached hydrogens (tertiary/aromatic N) is 2. The van der Waals surface area contributed by atoms with Crippen molar-refractivity contribution in [3.63, 3.8) is 0 Å². The predicted molar refractivity (Wildman–Crippen MR) is 57.6 cm³/mol. The van der Waals surface area contributed by atoms with Crippen LogP contribution in [0.1, 0.15) is 47.7 Å². The first kappa shape index (κ1) is 10.9. The second-order valence-corrected chi connectivity index (χ2v) is 4.21. The molecule has 1 saturated carbocycles. The van der Waals surface area contributed by atoms with E-state index in [0.29, 0.717) is 5.69 Å². The Labute approximate surface area is 92.7 Å². The molecule has 1 N–H and O–H groups in total. The summed E-state index contributed by atoms with van der Waals surface area (Å²) < 4.78 is 1.21. The van der Waals surface area contributed by atoms with Crippen LogP contribution in [0.5, 0.6) is 0 Å². The summed E-state index contributed by atoms with van der Waals surface area (Å²) in [5.41, 5.74) is -0.158. The summed E-state index contributed by atoms with van der Waals surface area (Å²) in [5, 5.41) is 9.08. The lowest BCUT2D eigenvalue weighted by atomic mass is 9.99. The van der Waals surface area contributed by atoms with Gasteiger partial charge >= 0.3 is 5.97 Å². The maximum Gasteiger partial charge on any atom is 0.343 e. The minimum atomic E-state index is -1.17. The number of carbonyl (C=O) groups is 1. The number of carboxylic acid groups (broad SMARTS) is 1. The maximum absolute atomic E-state index is 11.7. The van der Waals surface area contributed by atoms with E-state index in [1.807, 2.05) is 0 Å². The fourth-order valence-electron chi connectivity index (χ4n) is 2.26. The fourth-order valence-corrected chi connectivity index (χ4v) is 2.26. The van der Waals surface area contributed by atoms with E-state index in [2.05, 4.69) is 4.98 Å². The van der Waals surface area contributed by atoms with E-state index in [-0.39, 0.29) is 11.5 Å². The third-order valence-corrected chi connectivity index (χ3v) is 3.12. The molecule has 0 aliphatic heterocycles. The summed E-state index contributed by atoms with van der Waals surface area (Å²) in [7, 11) is 1.51. The Morgan fingerprint density at radius 3 is 2.69 bits per heavy atom. The molecule has 5 nitrogen and oxygen atoms in total. The van der Waals surface area contributed by atoms with E-state index in [4.69, 9.17) is 5.11 Å². The Morgan fingerprint density at radius 1 is 1.50 bits per heavy atom. The molecule has 0 saturated heterocycles. The van der Waals surface area contributed by atoms with E-state index < -0.39 is 11.5 Å². The molecule has 1 aliphatic carbocycles. The molecule has 1 aliphatic rings. The van der Waals surface area contributed by atoms with Gasteiger partial charge in [0, 0.05) is 13.0 Å². The summed E-state index contributed by atoms with van der Waals surface area (Å²) in [6.07, 6.45) is 5.44. The van der Waals surface area contributed by atoms with Gasteiger partial charge < -0.3 is 9.67 Å². The molecule has 86 valence electrons. The van der Waals surface area contributed by atoms with Crippen molar-refractivity contribution < 1.29 is 9.90 Å². The largest absolute Gasteiger partial charge is 0.477 e. The first-order valence-electron chi connectivity index (χ1n) is 5.40. The summed E-state index contributed by atoms with van der Waals surface area (Å²) in [4.78, 5) is 27.0. The molecule has 0 aromatic carbocycles. The highest BCUT2D eigenvalue weighted by Gasteiger charge is 2.26. The zero-order chi connectivity index (χ0) is 11.7. The summed E-state index contributed by atoms with van der Waals surface area (Å²) in [6.45, 7) is 0. The molecule has 0 bridgehead atoms. The molecule has 1 fully saturated rings. The zero-order valence-corrected chi connectivity index (χ0v) is 9.14. The number of aromatic carboxylic acids is 1. The minimum Gasteiger partial charge on any atom is -0.477 e. The quantitative estimate of drug-likeness (QED) is 0.814. The van der Waals surface area contributed by atoms with Crippen molar-refractivity contribution in [3.05, 3.63) is 27.9 Å². The van der Waals surface area contributed by atoms with Crippen LogP contribution < -0.4 is 5.56 Å². The lowest BCUT2D eigenvalue weighted by Crippen LogP contribution is -2.28. The number of aryl methyl sites for hydroxylation is 1. The van der Waals surface area contributed by atoms with Crippen LogP contribution in [-0.4, -0.2) is 20.6 Å². The zero-order valence-electron chi connectivity index (χ0n) is 9.14. The van der Waals surface area contributed by atoms with E-state index in [1.165, 1.54) is 17.9 Å². The van der Waals surface area contributed by atoms with Gasteiger partial charge in [-0.2, -0.15) is 0 Å². The molecule has 1 heterocycles. The van der Waals surface area contributed by atoms with E-state index in [9.17, 15) is 9.59 Å². The van der Waals surface area contributed by atoms with Crippen LogP contribution in [0.4, 0.5) is 0 Å². The van der Waals surface area contributed by atoms with Gasteiger partial charge in [-0.3, -0.25) is 4.79 Å². The van der Waals surface area contributed by atoms with Crippen LogP contribution in [-0.2, 0) is 7.05 Å². The van der Waals surface area contributed by atoms with Gasteiger partial charge in [0.05, 0.1) is 12.0 Å². The van der Waals surface area contributed by atoms with Crippen LogP contribution in [0, 0.1) is 0 Å². The van der Waals surface area contributed by atoms with Gasteiger partial charge in [0.1, 0.15) is 5.56 Å². The normalized spacial score (nSPS) is 16.6. The number of hydrogen-bond acceptors (Lipinski definition) is 3. The number of hydrogen-bond donors (Lipinski definition) is 1. The molecule has 0 unspecified atom stereocenters. The first-order chi connectivity index (χ1) is 7.61. The molecule has 5 heteroatoms. The van der Waals surface area contributed by atoms with Gasteiger partial charge in [0.15, 0.2) is 0 Å². The van der Waals surface area contributed by atoms with Crippen LogP contribution in [0.15, 0.2) is 11.1 Å². The van der Waals surface area contributed by atoms with E-state index >= 15 is 0 Å². The Hall–Kier alpha value is -1.65. The van der Waals surface area contributed by atoms with Crippen molar-refractivity contribution in [1.82, 2.24) is 9.55 Å². The molecule has 0 radical (unpaired) electrons. The average molecular weight is 222 g/mol. The molecular weight excluding hydrogens is 208 g/mol. The van der Waals surface area contributed by atoms with Crippen LogP contribution in [0.3, 0.4) is 0 Å². The highest BCUT2D eigenvalue weighted by atomic mass is 16.4. The molecule has 1 aromatic rings. The third kappa shape index (κ3) is 1.73. The molecule has 1 aromatic heterocycles. The number of aromatic nitrogens is 2. The average Bonchev–Trinajstić information content (AvgIpc) is 2.74. The molecule has 0 spiro atoms. The van der Waals surface area contributed by atoms with Gasteiger partial charge in [0.25, 0.3) is 5.56 Å². The van der Waals surface area contributed by atoms with Crippen molar-refractivity contribution in [2.75, 3.05) is 0 Å². The molecule has 16 heavy (non-hydrogen) atoms. The molecular formula is C11H14N2O3. The van der Waals surface area contributed by atoms with Crippen molar-refractivity contribution in [3.8, 4) is 0 Å². The van der Waals surface area contributed by atoms with Gasteiger partial charge in [-0.1, -0.05) is 12.8 Å². The SMILES string of the molecule is Cn1cnc(C2CCCC2)c(C(=O)O)c1=O. The Morgan fingerprint density at radius 2 is 2.12 bits per heavy atom. The third-order valence-electron chi connectivity index (χ3n) is 3.12. The molecule has 0 atom stereocenters. The molecule has 2 rings (SSSR count). The van der Waals surface area contributed by atoms with Gasteiger partial charge in [-0.25, -0.2) is 9.78 Å². The summed E-state index contributed by atoms with van der Waals surface area (Å²) >= 11 is 0. The van der Waals surface area contributed by atoms with E-state index in [1.54, 1.807) is 0 Å². The van der Waals surface area contributed by atoms with Gasteiger partial charge in [-0.05, 0) is 12.8 Å². The summed E-state index contributed by atoms with van der Waals surface area (Å²) in [6, 6.07) is 0. The standard InChI is InChI=1S/C11H14N2O3/c1-13-6-12-9(7-4-2-3-5-7)8(10(13)14)11(15)16/h6-7H,2-5H2,1H3,(H,15,16). The van der Waals surface area contributed by atoms with Crippen LogP contribution >= 0.6 is 0 Å². The number of rotatable bonds is 2. The Kier molecular flexibility index (Phi) is 2.77. The monoisotopic (exact) mass is 222 g/mol. The molecule has 0 amide bonds. The maximum atomic E-state index is 11.7. The van der Waals surface area contributed by atoms with E-state index in [0.717, 1.165) is 25.7 Å². The number of carboxylic acids is 1. The van der Waals surface area contributed by atoms with Gasteiger partial charge in [0.2, 0.25) is 0 Å². The highest BCUT2D eigenvalue weighted by molar-refractivity contribution is 5.88. The van der Waals surface area contributed by atoms with Crippen molar-refractivity contribution in [1.29, 1.82) is 0 Å². The topological polar surface area (TPSA) is 72.2 Å². The minimum absolute atomic E-state index is 0.139. The van der Waals surface area contributed by atoms with Crippen LogP contribution in [0.25, 0.3) is 0 Å². The lowest BCUT2D eigenvalue weighted by Gasteiger charge is -2.11. The Bertz CT molecular complexity index is 473. The van der Waals surface area contributed by atoms with Crippen molar-refractivity contribution in [2.24, 2.45) is 7.05 Å². The summed E-state index contributed by atoms with van der Waals surface area (Å²) in [5.74, 6) is -1.03. The predicted octanol–water partition coefficient (Wildman–Crippen LogP) is 1.14. The van der Waals surface area contributed by atoms with Gasteiger partial charge in [-0.15, -0.1) is 0 Å². The second-order valence-electron chi connectivity index (χ2n) is 4.21. The van der Waals surface area contributed by atoms with Crippen molar-refractivity contribution >= 4 is 5.97 Å². The highest BCUT2D eigenvalue weighted by Crippen LogP contribution is 2.33. The van der Waals surface area contributed by atoms with Crippen LogP contribution in [0.2, 0.25) is 0 Å². The van der Waals surface area contributed by atoms with Crippen molar-refractivity contribution in [2.45, 2.75) is 31.6 Å². The second kappa shape index (κ2) is 4.08. The fraction of sp³-hybridized carbons (Fsp3) is 0.545. The Balaban J connectivity index is 2.56.